The summed E-state index contributed by atoms with van der Waals surface area (Å²) in [6.07, 6.45) is 0. The van der Waals surface area contributed by atoms with E-state index in [2.05, 4.69) is 34.8 Å². The Bertz CT molecular complexity index is 588. The number of rotatable bonds is 10. The van der Waals surface area contributed by atoms with Crippen molar-refractivity contribution in [2.75, 3.05) is 33.4 Å². The molecule has 0 atom stereocenters. The largest absolute Gasteiger partial charge is 0.493 e. The number of likely N-dealkylation sites (N-methyl/N-ethyl adjacent to an activating group) is 1. The summed E-state index contributed by atoms with van der Waals surface area (Å²) in [5.74, 6) is 2.30. The van der Waals surface area contributed by atoms with E-state index in [4.69, 9.17) is 9.47 Å². The van der Waals surface area contributed by atoms with Gasteiger partial charge in [-0.25, -0.2) is 4.99 Å². The Balaban J connectivity index is 2.74. The van der Waals surface area contributed by atoms with Crippen molar-refractivity contribution in [2.24, 2.45) is 10.9 Å². The van der Waals surface area contributed by atoms with Crippen LogP contribution in [0.1, 0.15) is 33.3 Å². The Labute approximate surface area is 156 Å². The zero-order valence-corrected chi connectivity index (χ0v) is 16.5. The van der Waals surface area contributed by atoms with Crippen LogP contribution in [-0.4, -0.2) is 45.2 Å². The molecule has 1 amide bonds. The minimum atomic E-state index is -0.158. The number of amides is 1. The van der Waals surface area contributed by atoms with Gasteiger partial charge in [0.1, 0.15) is 0 Å². The Morgan fingerprint density at radius 2 is 1.85 bits per heavy atom. The summed E-state index contributed by atoms with van der Waals surface area (Å²) in [5, 5.41) is 9.24. The number of aliphatic imine (C=N–C) groups is 1. The molecule has 146 valence electrons. The molecule has 0 radical (unpaired) electrons. The van der Waals surface area contributed by atoms with Crippen LogP contribution in [0.15, 0.2) is 23.2 Å². The first-order chi connectivity index (χ1) is 12.5. The number of carbonyl (C=O) groups is 1. The molecule has 1 aromatic rings. The molecule has 0 bridgehead atoms. The molecule has 0 aliphatic carbocycles. The Morgan fingerprint density at radius 1 is 1.12 bits per heavy atom. The summed E-state index contributed by atoms with van der Waals surface area (Å²) in [5.41, 5.74) is 0.994. The predicted octanol–water partition coefficient (Wildman–Crippen LogP) is 1.92. The van der Waals surface area contributed by atoms with Gasteiger partial charge in [0.05, 0.1) is 13.7 Å². The summed E-state index contributed by atoms with van der Waals surface area (Å²) in [6.45, 7) is 10.9. The molecule has 7 heteroatoms. The minimum absolute atomic E-state index is 0.0363. The van der Waals surface area contributed by atoms with E-state index in [0.717, 1.165) is 24.6 Å². The van der Waals surface area contributed by atoms with Gasteiger partial charge in [-0.2, -0.15) is 0 Å². The fourth-order valence-corrected chi connectivity index (χ4v) is 2.13. The number of nitrogens with one attached hydrogen (secondary N) is 3. The monoisotopic (exact) mass is 364 g/mol. The van der Waals surface area contributed by atoms with Crippen molar-refractivity contribution >= 4 is 11.9 Å². The van der Waals surface area contributed by atoms with Crippen molar-refractivity contribution < 1.29 is 14.3 Å². The molecule has 0 unspecified atom stereocenters. The van der Waals surface area contributed by atoms with E-state index < -0.39 is 0 Å². The van der Waals surface area contributed by atoms with Gasteiger partial charge in [-0.05, 0) is 37.5 Å². The minimum Gasteiger partial charge on any atom is -0.493 e. The Morgan fingerprint density at radius 3 is 2.46 bits per heavy atom. The number of carbonyl (C=O) groups excluding carboxylic acids is 1. The van der Waals surface area contributed by atoms with Crippen LogP contribution in [0.25, 0.3) is 0 Å². The highest BCUT2D eigenvalue weighted by atomic mass is 16.5. The quantitative estimate of drug-likeness (QED) is 0.436. The molecule has 26 heavy (non-hydrogen) atoms. The molecule has 0 aliphatic rings. The van der Waals surface area contributed by atoms with E-state index >= 15 is 0 Å². The molecule has 0 saturated carbocycles. The third kappa shape index (κ3) is 8.09. The fraction of sp³-hybridized carbons (Fsp3) is 0.579. The molecule has 1 aromatic carbocycles. The summed E-state index contributed by atoms with van der Waals surface area (Å²) < 4.78 is 10.9. The molecule has 3 N–H and O–H groups in total. The fourth-order valence-electron chi connectivity index (χ4n) is 2.13. The standard InChI is InChI=1S/C19H32N4O3/c1-6-20-18(24)13-26-16-9-8-15(10-17(16)25-5)12-23-19(21-7-2)22-11-14(3)4/h8-10,14H,6-7,11-13H2,1-5H3,(H,20,24)(H2,21,22,23). The van der Waals surface area contributed by atoms with Crippen LogP contribution in [0.4, 0.5) is 0 Å². The number of benzene rings is 1. The van der Waals surface area contributed by atoms with Crippen LogP contribution in [0.5, 0.6) is 11.5 Å². The van der Waals surface area contributed by atoms with E-state index in [0.29, 0.717) is 30.5 Å². The normalized spacial score (nSPS) is 11.2. The van der Waals surface area contributed by atoms with Gasteiger partial charge >= 0.3 is 0 Å². The molecule has 1 rings (SSSR count). The van der Waals surface area contributed by atoms with Crippen LogP contribution in [0.3, 0.4) is 0 Å². The van der Waals surface area contributed by atoms with E-state index in [-0.39, 0.29) is 12.5 Å². The van der Waals surface area contributed by atoms with Crippen LogP contribution in [0.2, 0.25) is 0 Å². The highest BCUT2D eigenvalue weighted by molar-refractivity contribution is 5.79. The third-order valence-electron chi connectivity index (χ3n) is 3.40. The zero-order chi connectivity index (χ0) is 19.4. The maximum atomic E-state index is 11.5. The summed E-state index contributed by atoms with van der Waals surface area (Å²) >= 11 is 0. The lowest BCUT2D eigenvalue weighted by atomic mass is 10.2. The van der Waals surface area contributed by atoms with Gasteiger partial charge in [0, 0.05) is 19.6 Å². The number of hydrogen-bond acceptors (Lipinski definition) is 4. The lowest BCUT2D eigenvalue weighted by molar-refractivity contribution is -0.123. The van der Waals surface area contributed by atoms with Gasteiger partial charge in [0.2, 0.25) is 0 Å². The van der Waals surface area contributed by atoms with Crippen molar-refractivity contribution in [3.05, 3.63) is 23.8 Å². The summed E-state index contributed by atoms with van der Waals surface area (Å²) in [7, 11) is 1.58. The zero-order valence-electron chi connectivity index (χ0n) is 16.5. The lowest BCUT2D eigenvalue weighted by Crippen LogP contribution is -2.39. The highest BCUT2D eigenvalue weighted by Crippen LogP contribution is 2.28. The summed E-state index contributed by atoms with van der Waals surface area (Å²) in [6, 6.07) is 5.60. The molecular weight excluding hydrogens is 332 g/mol. The van der Waals surface area contributed by atoms with Gasteiger partial charge in [-0.15, -0.1) is 0 Å². The number of methoxy groups -OCH3 is 1. The van der Waals surface area contributed by atoms with Crippen molar-refractivity contribution in [1.82, 2.24) is 16.0 Å². The van der Waals surface area contributed by atoms with Crippen molar-refractivity contribution in [2.45, 2.75) is 34.2 Å². The van der Waals surface area contributed by atoms with Crippen LogP contribution < -0.4 is 25.4 Å². The number of hydrogen-bond donors (Lipinski definition) is 3. The van der Waals surface area contributed by atoms with Gasteiger partial charge in [0.15, 0.2) is 24.1 Å². The first-order valence-electron chi connectivity index (χ1n) is 9.08. The number of ether oxygens (including phenoxy) is 2. The van der Waals surface area contributed by atoms with Crippen LogP contribution >= 0.6 is 0 Å². The highest BCUT2D eigenvalue weighted by Gasteiger charge is 2.08. The molecule has 7 nitrogen and oxygen atoms in total. The molecule has 0 saturated heterocycles. The Hall–Kier alpha value is -2.44. The second kappa shape index (κ2) is 12.0. The molecule has 0 spiro atoms. The molecule has 0 fully saturated rings. The van der Waals surface area contributed by atoms with Crippen molar-refractivity contribution in [3.8, 4) is 11.5 Å². The van der Waals surface area contributed by atoms with E-state index in [1.165, 1.54) is 0 Å². The average Bonchev–Trinajstić information content (AvgIpc) is 2.62. The topological polar surface area (TPSA) is 84.0 Å². The van der Waals surface area contributed by atoms with Gasteiger partial charge in [-0.3, -0.25) is 4.79 Å². The second-order valence-corrected chi connectivity index (χ2v) is 6.20. The van der Waals surface area contributed by atoms with Gasteiger partial charge in [0.25, 0.3) is 5.91 Å². The smallest absolute Gasteiger partial charge is 0.257 e. The number of guanidine groups is 1. The van der Waals surface area contributed by atoms with E-state index in [9.17, 15) is 4.79 Å². The Kier molecular flexibility index (Phi) is 9.97. The van der Waals surface area contributed by atoms with Gasteiger partial charge < -0.3 is 25.4 Å². The first kappa shape index (κ1) is 21.6. The average molecular weight is 364 g/mol. The SMILES string of the molecule is CCNC(=O)COc1ccc(CN=C(NCC)NCC(C)C)cc1OC. The van der Waals surface area contributed by atoms with Crippen molar-refractivity contribution in [3.63, 3.8) is 0 Å². The number of nitrogens with zero attached hydrogens (tertiary/aromatic N) is 1. The van der Waals surface area contributed by atoms with E-state index in [1.54, 1.807) is 13.2 Å². The van der Waals surface area contributed by atoms with E-state index in [1.807, 2.05) is 26.0 Å². The maximum absolute atomic E-state index is 11.5. The molecule has 0 aliphatic heterocycles. The molecule has 0 aromatic heterocycles. The molecule has 0 heterocycles. The van der Waals surface area contributed by atoms with Gasteiger partial charge in [-0.1, -0.05) is 19.9 Å². The summed E-state index contributed by atoms with van der Waals surface area (Å²) in [4.78, 5) is 16.1. The van der Waals surface area contributed by atoms with Crippen LogP contribution in [-0.2, 0) is 11.3 Å². The lowest BCUT2D eigenvalue weighted by Gasteiger charge is -2.14. The van der Waals surface area contributed by atoms with Crippen molar-refractivity contribution in [1.29, 1.82) is 0 Å². The first-order valence-corrected chi connectivity index (χ1v) is 9.08. The molecular formula is C19H32N4O3. The third-order valence-corrected chi connectivity index (χ3v) is 3.40. The second-order valence-electron chi connectivity index (χ2n) is 6.20. The maximum Gasteiger partial charge on any atom is 0.257 e. The van der Waals surface area contributed by atoms with Crippen LogP contribution in [0, 0.1) is 5.92 Å². The predicted molar refractivity (Wildman–Crippen MR) is 105 cm³/mol.